The molecule has 3 aromatic carbocycles. The molecule has 0 aliphatic rings. The lowest BCUT2D eigenvalue weighted by Crippen LogP contribution is -2.16. The molecule has 42 heavy (non-hydrogen) atoms. The van der Waals surface area contributed by atoms with Crippen LogP contribution >= 0.6 is 22.9 Å². The average molecular weight is 612 g/mol. The molecule has 0 radical (unpaired) electrons. The summed E-state index contributed by atoms with van der Waals surface area (Å²) in [5, 5.41) is 6.54. The van der Waals surface area contributed by atoms with Crippen LogP contribution in [-0.4, -0.2) is 23.1 Å². The molecule has 8 heteroatoms. The standard InChI is InChI=1S/C34H30ClN3O2S2/c1-4-10-25-15-17-26(18-16-25)23-37(5-2)24-28-22-32(38(36-28)31-14-8-7-13-30(31)35)34-20-19-33(41-34)27-11-9-12-29(21-27)42(39,40)6-3/h4-9,11-22H,1-3,10,23-24H2. The van der Waals surface area contributed by atoms with Crippen molar-refractivity contribution in [3.63, 3.8) is 0 Å². The number of benzene rings is 3. The van der Waals surface area contributed by atoms with Crippen LogP contribution in [0.2, 0.25) is 5.02 Å². The molecule has 5 nitrogen and oxygen atoms in total. The van der Waals surface area contributed by atoms with Gasteiger partial charge in [0, 0.05) is 16.8 Å². The van der Waals surface area contributed by atoms with Crippen molar-refractivity contribution in [3.8, 4) is 26.7 Å². The quantitative estimate of drug-likeness (QED) is 0.132. The van der Waals surface area contributed by atoms with E-state index >= 15 is 0 Å². The molecular formula is C34H30ClN3O2S2. The van der Waals surface area contributed by atoms with Crippen molar-refractivity contribution in [2.24, 2.45) is 0 Å². The van der Waals surface area contributed by atoms with Gasteiger partial charge in [0.2, 0.25) is 0 Å². The predicted octanol–water partition coefficient (Wildman–Crippen LogP) is 8.71. The fourth-order valence-corrected chi connectivity index (χ4v) is 6.59. The van der Waals surface area contributed by atoms with Gasteiger partial charge >= 0.3 is 0 Å². The molecule has 212 valence electrons. The van der Waals surface area contributed by atoms with Crippen molar-refractivity contribution in [2.45, 2.75) is 24.4 Å². The summed E-state index contributed by atoms with van der Waals surface area (Å²) in [6, 6.07) is 29.1. The minimum atomic E-state index is -3.54. The van der Waals surface area contributed by atoms with E-state index in [1.54, 1.807) is 29.5 Å². The molecule has 0 fully saturated rings. The Labute approximate surface area is 256 Å². The molecule has 0 spiro atoms. The molecule has 0 saturated carbocycles. The van der Waals surface area contributed by atoms with Crippen LogP contribution in [0.4, 0.5) is 0 Å². The lowest BCUT2D eigenvalue weighted by Gasteiger charge is -2.19. The van der Waals surface area contributed by atoms with Crippen molar-refractivity contribution < 1.29 is 8.42 Å². The van der Waals surface area contributed by atoms with Gasteiger partial charge in [-0.15, -0.1) is 17.9 Å². The second-order valence-electron chi connectivity index (χ2n) is 9.68. The van der Waals surface area contributed by atoms with Crippen molar-refractivity contribution in [2.75, 3.05) is 0 Å². The van der Waals surface area contributed by atoms with E-state index in [1.165, 1.54) is 11.1 Å². The van der Waals surface area contributed by atoms with Gasteiger partial charge in [0.05, 0.1) is 38.4 Å². The van der Waals surface area contributed by atoms with E-state index in [-0.39, 0.29) is 4.90 Å². The van der Waals surface area contributed by atoms with Gasteiger partial charge in [0.15, 0.2) is 9.84 Å². The molecular weight excluding hydrogens is 582 g/mol. The van der Waals surface area contributed by atoms with Gasteiger partial charge in [-0.25, -0.2) is 13.1 Å². The second-order valence-corrected chi connectivity index (χ2v) is 13.1. The summed E-state index contributed by atoms with van der Waals surface area (Å²) in [6.45, 7) is 12.5. The van der Waals surface area contributed by atoms with Crippen molar-refractivity contribution in [1.82, 2.24) is 14.7 Å². The van der Waals surface area contributed by atoms with Gasteiger partial charge < -0.3 is 4.90 Å². The zero-order chi connectivity index (χ0) is 29.7. The second kappa shape index (κ2) is 12.8. The third kappa shape index (κ3) is 6.49. The van der Waals surface area contributed by atoms with Crippen LogP contribution in [0.15, 0.2) is 133 Å². The Morgan fingerprint density at radius 3 is 2.31 bits per heavy atom. The minimum absolute atomic E-state index is 0.216. The number of allylic oxidation sites excluding steroid dienone is 1. The third-order valence-corrected chi connectivity index (χ3v) is 9.60. The summed E-state index contributed by atoms with van der Waals surface area (Å²) < 4.78 is 26.6. The fraction of sp³-hybridized carbons (Fsp3) is 0.0882. The van der Waals surface area contributed by atoms with E-state index in [9.17, 15) is 8.42 Å². The number of para-hydroxylation sites is 1. The van der Waals surface area contributed by atoms with E-state index < -0.39 is 9.84 Å². The largest absolute Gasteiger partial charge is 0.368 e. The summed E-state index contributed by atoms with van der Waals surface area (Å²) in [4.78, 5) is 4.25. The highest BCUT2D eigenvalue weighted by molar-refractivity contribution is 7.94. The number of thiophene rings is 1. The van der Waals surface area contributed by atoms with Crippen LogP contribution in [0.3, 0.4) is 0 Å². The Hall–Kier alpha value is -4.17. The minimum Gasteiger partial charge on any atom is -0.368 e. The first kappa shape index (κ1) is 29.3. The number of sulfone groups is 1. The van der Waals surface area contributed by atoms with E-state index in [0.29, 0.717) is 18.1 Å². The highest BCUT2D eigenvalue weighted by Gasteiger charge is 2.18. The molecule has 0 bridgehead atoms. The molecule has 5 rings (SSSR count). The van der Waals surface area contributed by atoms with Gasteiger partial charge in [0.1, 0.15) is 0 Å². The SMILES string of the molecule is C=CCc1ccc(CN(C=C)Cc2cc(-c3ccc(-c4cccc(S(=O)(=O)C=C)c4)s3)n(-c3ccccc3Cl)n2)cc1. The van der Waals surface area contributed by atoms with E-state index in [4.69, 9.17) is 16.7 Å². The van der Waals surface area contributed by atoms with Gasteiger partial charge in [-0.1, -0.05) is 79.4 Å². The molecule has 0 amide bonds. The summed E-state index contributed by atoms with van der Waals surface area (Å²) >= 11 is 8.18. The van der Waals surface area contributed by atoms with E-state index in [2.05, 4.69) is 55.0 Å². The summed E-state index contributed by atoms with van der Waals surface area (Å²) in [7, 11) is -3.54. The molecule has 0 unspecified atom stereocenters. The first-order valence-electron chi connectivity index (χ1n) is 13.3. The average Bonchev–Trinajstić information content (AvgIpc) is 3.66. The third-order valence-electron chi connectivity index (χ3n) is 6.78. The van der Waals surface area contributed by atoms with Crippen molar-refractivity contribution in [3.05, 3.63) is 150 Å². The van der Waals surface area contributed by atoms with Crippen molar-refractivity contribution >= 4 is 32.8 Å². The number of hydrogen-bond acceptors (Lipinski definition) is 5. The number of aromatic nitrogens is 2. The lowest BCUT2D eigenvalue weighted by atomic mass is 10.1. The maximum atomic E-state index is 12.4. The normalized spacial score (nSPS) is 11.3. The van der Waals surface area contributed by atoms with E-state index in [0.717, 1.165) is 44.2 Å². The Bertz CT molecular complexity index is 1850. The highest BCUT2D eigenvalue weighted by Crippen LogP contribution is 2.37. The van der Waals surface area contributed by atoms with Gasteiger partial charge in [-0.2, -0.15) is 5.10 Å². The van der Waals surface area contributed by atoms with Crippen LogP contribution in [-0.2, 0) is 29.3 Å². The van der Waals surface area contributed by atoms with Crippen LogP contribution in [0, 0.1) is 0 Å². The Kier molecular flexibility index (Phi) is 8.92. The molecule has 0 atom stereocenters. The molecule has 5 aromatic rings. The first-order valence-corrected chi connectivity index (χ1v) is 16.0. The number of nitrogens with zero attached hydrogens (tertiary/aromatic N) is 3. The molecule has 2 heterocycles. The van der Waals surface area contributed by atoms with Crippen LogP contribution < -0.4 is 0 Å². The molecule has 0 saturated heterocycles. The topological polar surface area (TPSA) is 55.2 Å². The Morgan fingerprint density at radius 1 is 0.857 bits per heavy atom. The van der Waals surface area contributed by atoms with E-state index in [1.807, 2.05) is 59.4 Å². The number of hydrogen-bond donors (Lipinski definition) is 0. The molecule has 0 N–H and O–H groups in total. The maximum absolute atomic E-state index is 12.4. The Morgan fingerprint density at radius 2 is 1.60 bits per heavy atom. The number of halogens is 1. The zero-order valence-electron chi connectivity index (χ0n) is 23.0. The molecule has 0 aliphatic heterocycles. The van der Waals surface area contributed by atoms with Gasteiger partial charge in [-0.3, -0.25) is 0 Å². The number of rotatable bonds is 12. The Balaban J connectivity index is 1.48. The monoisotopic (exact) mass is 611 g/mol. The lowest BCUT2D eigenvalue weighted by molar-refractivity contribution is 0.357. The van der Waals surface area contributed by atoms with Gasteiger partial charge in [0.25, 0.3) is 0 Å². The molecule has 0 aliphatic carbocycles. The smallest absolute Gasteiger partial charge is 0.199 e. The molecule has 2 aromatic heterocycles. The van der Waals surface area contributed by atoms with Crippen LogP contribution in [0.1, 0.15) is 16.8 Å². The van der Waals surface area contributed by atoms with Crippen LogP contribution in [0.5, 0.6) is 0 Å². The summed E-state index contributed by atoms with van der Waals surface area (Å²) in [5.41, 5.74) is 5.75. The fourth-order valence-electron chi connectivity index (χ4n) is 4.62. The zero-order valence-corrected chi connectivity index (χ0v) is 25.4. The summed E-state index contributed by atoms with van der Waals surface area (Å²) in [5.74, 6) is 0. The van der Waals surface area contributed by atoms with Crippen LogP contribution in [0.25, 0.3) is 26.7 Å². The predicted molar refractivity (Wildman–Crippen MR) is 174 cm³/mol. The van der Waals surface area contributed by atoms with Gasteiger partial charge in [-0.05, 0) is 71.8 Å². The highest BCUT2D eigenvalue weighted by atomic mass is 35.5. The first-order chi connectivity index (χ1) is 20.3. The maximum Gasteiger partial charge on any atom is 0.199 e. The van der Waals surface area contributed by atoms with Crippen molar-refractivity contribution in [1.29, 1.82) is 0 Å². The summed E-state index contributed by atoms with van der Waals surface area (Å²) in [6.07, 6.45) is 4.58.